The maximum Gasteiger partial charge on any atom is 0.261 e. The summed E-state index contributed by atoms with van der Waals surface area (Å²) in [5.41, 5.74) is 0. The second-order valence-corrected chi connectivity index (χ2v) is 5.03. The van der Waals surface area contributed by atoms with Crippen molar-refractivity contribution in [2.24, 2.45) is 0 Å². The van der Waals surface area contributed by atoms with Crippen LogP contribution in [0.15, 0.2) is 12.1 Å². The van der Waals surface area contributed by atoms with Crippen LogP contribution in [0.25, 0.3) is 0 Å². The van der Waals surface area contributed by atoms with E-state index in [9.17, 15) is 8.78 Å². The molecule has 1 aromatic heterocycles. The Hall–Kier alpha value is -0.230. The van der Waals surface area contributed by atoms with Crippen LogP contribution < -0.4 is 5.32 Å². The van der Waals surface area contributed by atoms with Gasteiger partial charge in [-0.15, -0.1) is 11.3 Å². The number of hydrogen-bond acceptors (Lipinski definition) is 3. The van der Waals surface area contributed by atoms with Crippen LogP contribution in [-0.4, -0.2) is 26.2 Å². The van der Waals surface area contributed by atoms with Crippen LogP contribution >= 0.6 is 22.9 Å². The van der Waals surface area contributed by atoms with Gasteiger partial charge in [0.25, 0.3) is 6.43 Å². The third kappa shape index (κ3) is 5.21. The molecule has 0 aromatic carbocycles. The molecule has 1 unspecified atom stereocenters. The standard InChI is InChI=1S/C10H14ClF2NOS/c1-7(8-2-3-9(11)16-8)14-4-5-15-6-10(12)13/h2-3,7,10,14H,4-6H2,1H3. The average molecular weight is 270 g/mol. The third-order valence-electron chi connectivity index (χ3n) is 1.96. The van der Waals surface area contributed by atoms with E-state index in [-0.39, 0.29) is 12.6 Å². The molecule has 0 radical (unpaired) electrons. The number of rotatable bonds is 7. The number of nitrogens with one attached hydrogen (secondary N) is 1. The number of thiophene rings is 1. The zero-order valence-electron chi connectivity index (χ0n) is 8.88. The SMILES string of the molecule is CC(NCCOCC(F)F)c1ccc(Cl)s1. The molecule has 16 heavy (non-hydrogen) atoms. The summed E-state index contributed by atoms with van der Waals surface area (Å²) in [5, 5.41) is 3.17. The zero-order chi connectivity index (χ0) is 12.0. The van der Waals surface area contributed by atoms with Crippen molar-refractivity contribution in [2.45, 2.75) is 19.4 Å². The summed E-state index contributed by atoms with van der Waals surface area (Å²) >= 11 is 7.31. The van der Waals surface area contributed by atoms with Crippen molar-refractivity contribution in [1.29, 1.82) is 0 Å². The van der Waals surface area contributed by atoms with Crippen molar-refractivity contribution >= 4 is 22.9 Å². The van der Waals surface area contributed by atoms with Crippen molar-refractivity contribution in [1.82, 2.24) is 5.32 Å². The minimum Gasteiger partial charge on any atom is -0.374 e. The van der Waals surface area contributed by atoms with Crippen LogP contribution in [0.1, 0.15) is 17.8 Å². The molecule has 0 spiro atoms. The molecule has 1 N–H and O–H groups in total. The molecule has 0 bridgehead atoms. The first kappa shape index (κ1) is 13.8. The van der Waals surface area contributed by atoms with E-state index < -0.39 is 13.0 Å². The molecule has 0 saturated carbocycles. The van der Waals surface area contributed by atoms with Crippen LogP contribution in [0.2, 0.25) is 4.34 Å². The third-order valence-corrected chi connectivity index (χ3v) is 3.38. The lowest BCUT2D eigenvalue weighted by molar-refractivity contribution is 0.0183. The fourth-order valence-corrected chi connectivity index (χ4v) is 2.27. The predicted octanol–water partition coefficient (Wildman–Crippen LogP) is 3.33. The molecule has 0 aliphatic heterocycles. The smallest absolute Gasteiger partial charge is 0.261 e. The summed E-state index contributed by atoms with van der Waals surface area (Å²) in [5.74, 6) is 0. The molecular formula is C10H14ClF2NOS. The predicted molar refractivity (Wildman–Crippen MR) is 62.6 cm³/mol. The molecule has 0 saturated heterocycles. The Morgan fingerprint density at radius 1 is 1.50 bits per heavy atom. The summed E-state index contributed by atoms with van der Waals surface area (Å²) in [6.07, 6.45) is -2.39. The second-order valence-electron chi connectivity index (χ2n) is 3.28. The van der Waals surface area contributed by atoms with Crippen molar-refractivity contribution < 1.29 is 13.5 Å². The van der Waals surface area contributed by atoms with Gasteiger partial charge in [0, 0.05) is 17.5 Å². The van der Waals surface area contributed by atoms with Gasteiger partial charge in [0.1, 0.15) is 6.61 Å². The van der Waals surface area contributed by atoms with Gasteiger partial charge in [-0.1, -0.05) is 11.6 Å². The van der Waals surface area contributed by atoms with E-state index in [1.165, 1.54) is 11.3 Å². The summed E-state index contributed by atoms with van der Waals surface area (Å²) in [4.78, 5) is 1.12. The highest BCUT2D eigenvalue weighted by Gasteiger charge is 2.07. The monoisotopic (exact) mass is 269 g/mol. The van der Waals surface area contributed by atoms with Gasteiger partial charge in [-0.2, -0.15) is 0 Å². The first-order valence-corrected chi connectivity index (χ1v) is 6.13. The summed E-state index contributed by atoms with van der Waals surface area (Å²) in [7, 11) is 0. The summed E-state index contributed by atoms with van der Waals surface area (Å²) < 4.78 is 29.0. The summed E-state index contributed by atoms with van der Waals surface area (Å²) in [6.45, 7) is 2.33. The van der Waals surface area contributed by atoms with Crippen molar-refractivity contribution in [3.8, 4) is 0 Å². The van der Waals surface area contributed by atoms with Gasteiger partial charge in [-0.05, 0) is 19.1 Å². The fourth-order valence-electron chi connectivity index (χ4n) is 1.18. The van der Waals surface area contributed by atoms with Gasteiger partial charge in [-0.25, -0.2) is 8.78 Å². The summed E-state index contributed by atoms with van der Waals surface area (Å²) in [6, 6.07) is 3.95. The lowest BCUT2D eigenvalue weighted by Crippen LogP contribution is -2.23. The molecule has 6 heteroatoms. The largest absolute Gasteiger partial charge is 0.374 e. The molecule has 1 heterocycles. The topological polar surface area (TPSA) is 21.3 Å². The lowest BCUT2D eigenvalue weighted by Gasteiger charge is -2.11. The first-order valence-electron chi connectivity index (χ1n) is 4.94. The van der Waals surface area contributed by atoms with Crippen LogP contribution in [0.3, 0.4) is 0 Å². The lowest BCUT2D eigenvalue weighted by atomic mass is 10.3. The second kappa shape index (κ2) is 7.17. The number of hydrogen-bond donors (Lipinski definition) is 1. The molecule has 1 aromatic rings. The van der Waals surface area contributed by atoms with Crippen LogP contribution in [-0.2, 0) is 4.74 Å². The molecule has 2 nitrogen and oxygen atoms in total. The molecule has 0 amide bonds. The minimum atomic E-state index is -2.39. The normalized spacial score (nSPS) is 13.3. The van der Waals surface area contributed by atoms with Crippen LogP contribution in [0.5, 0.6) is 0 Å². The Morgan fingerprint density at radius 2 is 2.25 bits per heavy atom. The van der Waals surface area contributed by atoms with Gasteiger partial charge < -0.3 is 10.1 Å². The average Bonchev–Trinajstić information content (AvgIpc) is 2.63. The highest BCUT2D eigenvalue weighted by atomic mass is 35.5. The molecule has 1 atom stereocenters. The highest BCUT2D eigenvalue weighted by Crippen LogP contribution is 2.26. The quantitative estimate of drug-likeness (QED) is 0.767. The Labute approximate surface area is 103 Å². The maximum absolute atomic E-state index is 11.7. The van der Waals surface area contributed by atoms with Crippen molar-refractivity contribution in [2.75, 3.05) is 19.8 Å². The minimum absolute atomic E-state index is 0.160. The van der Waals surface area contributed by atoms with Gasteiger partial charge in [0.15, 0.2) is 0 Å². The van der Waals surface area contributed by atoms with Gasteiger partial charge >= 0.3 is 0 Å². The van der Waals surface area contributed by atoms with E-state index >= 15 is 0 Å². The molecule has 0 aliphatic rings. The first-order chi connectivity index (χ1) is 7.59. The fraction of sp³-hybridized carbons (Fsp3) is 0.600. The van der Waals surface area contributed by atoms with E-state index in [0.29, 0.717) is 6.54 Å². The Bertz CT molecular complexity index is 309. The number of halogens is 3. The van der Waals surface area contributed by atoms with E-state index in [4.69, 9.17) is 16.3 Å². The van der Waals surface area contributed by atoms with Crippen LogP contribution in [0.4, 0.5) is 8.78 Å². The molecule has 0 fully saturated rings. The van der Waals surface area contributed by atoms with E-state index in [2.05, 4.69) is 5.32 Å². The van der Waals surface area contributed by atoms with Gasteiger partial charge in [0.05, 0.1) is 10.9 Å². The number of ether oxygens (including phenoxy) is 1. The molecule has 1 rings (SSSR count). The molecule has 92 valence electrons. The molecular weight excluding hydrogens is 256 g/mol. The van der Waals surface area contributed by atoms with Crippen molar-refractivity contribution in [3.05, 3.63) is 21.3 Å². The Morgan fingerprint density at radius 3 is 2.81 bits per heavy atom. The Balaban J connectivity index is 2.13. The maximum atomic E-state index is 11.7. The highest BCUT2D eigenvalue weighted by molar-refractivity contribution is 7.16. The zero-order valence-corrected chi connectivity index (χ0v) is 10.5. The molecule has 0 aliphatic carbocycles. The van der Waals surface area contributed by atoms with E-state index in [1.807, 2.05) is 19.1 Å². The van der Waals surface area contributed by atoms with Gasteiger partial charge in [0.2, 0.25) is 0 Å². The van der Waals surface area contributed by atoms with E-state index in [0.717, 1.165) is 9.21 Å². The Kier molecular flexibility index (Phi) is 6.20. The van der Waals surface area contributed by atoms with Gasteiger partial charge in [-0.3, -0.25) is 0 Å². The number of alkyl halides is 2. The van der Waals surface area contributed by atoms with Crippen LogP contribution in [0, 0.1) is 0 Å². The van der Waals surface area contributed by atoms with E-state index in [1.54, 1.807) is 0 Å². The van der Waals surface area contributed by atoms with Crippen molar-refractivity contribution in [3.63, 3.8) is 0 Å².